The first kappa shape index (κ1) is 36.6. The fraction of sp³-hybridized carbons (Fsp3) is 0.389. The van der Waals surface area contributed by atoms with Gasteiger partial charge in [0.05, 0.1) is 21.8 Å². The highest BCUT2D eigenvalue weighted by Gasteiger charge is 2.38. The Hall–Kier alpha value is -5.18. The summed E-state index contributed by atoms with van der Waals surface area (Å²) in [6, 6.07) is 15.6. The predicted molar refractivity (Wildman–Crippen MR) is 187 cm³/mol. The number of ether oxygens (including phenoxy) is 1. The molecule has 0 bridgehead atoms. The van der Waals surface area contributed by atoms with E-state index in [-0.39, 0.29) is 60.8 Å². The van der Waals surface area contributed by atoms with Crippen molar-refractivity contribution in [2.75, 3.05) is 61.8 Å². The van der Waals surface area contributed by atoms with Gasteiger partial charge in [0.25, 0.3) is 5.91 Å². The van der Waals surface area contributed by atoms with Crippen molar-refractivity contribution >= 4 is 52.7 Å². The maximum absolute atomic E-state index is 14.0. The Kier molecular flexibility index (Phi) is 10.7. The number of piperazine rings is 1. The average Bonchev–Trinajstić information content (AvgIpc) is 3.30. The summed E-state index contributed by atoms with van der Waals surface area (Å²) in [4.78, 5) is 58.5. The minimum absolute atomic E-state index is 0.0155. The number of nitrogen functional groups attached to an aromatic ring is 1. The quantitative estimate of drug-likeness (QED) is 0.266. The first-order valence-electron chi connectivity index (χ1n) is 16.9. The number of hydrogen-bond acceptors (Lipinski definition) is 7. The molecule has 4 N–H and O–H groups in total. The molecule has 3 aliphatic rings. The zero-order chi connectivity index (χ0) is 37.2. The zero-order valence-corrected chi connectivity index (χ0v) is 28.8. The number of alkyl halides is 3. The van der Waals surface area contributed by atoms with Gasteiger partial charge in [-0.15, -0.1) is 0 Å². The number of carboxylic acid groups (broad SMARTS) is 1. The Bertz CT molecular complexity index is 1830. The van der Waals surface area contributed by atoms with E-state index in [2.05, 4.69) is 5.32 Å². The molecule has 0 spiro atoms. The van der Waals surface area contributed by atoms with Crippen LogP contribution in [0.5, 0.6) is 0 Å². The Morgan fingerprint density at radius 1 is 0.942 bits per heavy atom. The highest BCUT2D eigenvalue weighted by Crippen LogP contribution is 2.38. The van der Waals surface area contributed by atoms with Crippen LogP contribution in [0.3, 0.4) is 0 Å². The van der Waals surface area contributed by atoms with E-state index >= 15 is 0 Å². The van der Waals surface area contributed by atoms with Crippen LogP contribution in [0.25, 0.3) is 0 Å². The van der Waals surface area contributed by atoms with Crippen LogP contribution in [-0.4, -0.2) is 102 Å². The molecule has 52 heavy (non-hydrogen) atoms. The number of halogens is 4. The number of benzene rings is 3. The van der Waals surface area contributed by atoms with Gasteiger partial charge in [0.15, 0.2) is 6.10 Å². The lowest BCUT2D eigenvalue weighted by Crippen LogP contribution is -2.54. The molecule has 0 radical (unpaired) electrons. The molecule has 1 atom stereocenters. The number of para-hydroxylation sites is 1. The van der Waals surface area contributed by atoms with Crippen molar-refractivity contribution < 1.29 is 42.2 Å². The summed E-state index contributed by atoms with van der Waals surface area (Å²) in [5, 5.41) is 11.8. The monoisotopic (exact) mass is 742 g/mol. The summed E-state index contributed by atoms with van der Waals surface area (Å²) in [7, 11) is 0. The first-order valence-corrected chi connectivity index (χ1v) is 17.3. The molecular formula is C36H38ClF3N6O6. The predicted octanol–water partition coefficient (Wildman–Crippen LogP) is 5.59. The topological polar surface area (TPSA) is 149 Å². The smallest absolute Gasteiger partial charge is 0.418 e. The van der Waals surface area contributed by atoms with E-state index < -0.39 is 41.5 Å². The van der Waals surface area contributed by atoms with Gasteiger partial charge in [0, 0.05) is 69.7 Å². The SMILES string of the molecule is Nc1c(Cl)cc(C[C@@H](OC(=O)N2CCC(N3CCc4ccccc4NC3=O)CC2)C(=O)N2CCN(c3ccc(C(=O)O)cc3)CC2)cc1C(F)(F)F. The molecule has 3 aliphatic heterocycles. The number of anilines is 3. The Labute approximate surface area is 302 Å². The van der Waals surface area contributed by atoms with Crippen molar-refractivity contribution in [2.24, 2.45) is 0 Å². The number of carbonyl (C=O) groups is 4. The van der Waals surface area contributed by atoms with E-state index in [9.17, 15) is 37.5 Å². The lowest BCUT2D eigenvalue weighted by molar-refractivity contribution is -0.141. The summed E-state index contributed by atoms with van der Waals surface area (Å²) in [6.07, 6.45) is -5.84. The van der Waals surface area contributed by atoms with Crippen LogP contribution in [0.2, 0.25) is 5.02 Å². The molecule has 2 saturated heterocycles. The van der Waals surface area contributed by atoms with Crippen LogP contribution in [0.1, 0.15) is 39.9 Å². The normalized spacial score (nSPS) is 17.6. The number of carboxylic acids is 1. The highest BCUT2D eigenvalue weighted by molar-refractivity contribution is 6.33. The zero-order valence-electron chi connectivity index (χ0n) is 28.1. The number of nitrogens with two attached hydrogens (primary N) is 1. The van der Waals surface area contributed by atoms with Crippen LogP contribution >= 0.6 is 11.6 Å². The van der Waals surface area contributed by atoms with Gasteiger partial charge < -0.3 is 40.5 Å². The molecule has 6 rings (SSSR count). The highest BCUT2D eigenvalue weighted by atomic mass is 35.5. The van der Waals surface area contributed by atoms with Crippen molar-refractivity contribution in [3.05, 3.63) is 87.9 Å². The van der Waals surface area contributed by atoms with E-state index in [0.29, 0.717) is 38.9 Å². The van der Waals surface area contributed by atoms with Crippen molar-refractivity contribution in [2.45, 2.75) is 44.0 Å². The fourth-order valence-electron chi connectivity index (χ4n) is 6.92. The average molecular weight is 743 g/mol. The van der Waals surface area contributed by atoms with Gasteiger partial charge in [-0.3, -0.25) is 4.79 Å². The van der Waals surface area contributed by atoms with Gasteiger partial charge in [-0.2, -0.15) is 13.2 Å². The Morgan fingerprint density at radius 2 is 1.62 bits per heavy atom. The van der Waals surface area contributed by atoms with Crippen LogP contribution in [0.15, 0.2) is 60.7 Å². The number of nitrogens with one attached hydrogen (secondary N) is 1. The largest absolute Gasteiger partial charge is 0.478 e. The molecule has 0 aromatic heterocycles. The van der Waals surface area contributed by atoms with Gasteiger partial charge in [-0.1, -0.05) is 29.8 Å². The summed E-state index contributed by atoms with van der Waals surface area (Å²) in [5.74, 6) is -1.63. The second kappa shape index (κ2) is 15.2. The second-order valence-corrected chi connectivity index (χ2v) is 13.4. The standard InChI is InChI=1S/C36H38ClF3N6O6/c37-28-20-22(19-27(31(28)41)36(38,39)40)21-30(32(47)44-17-15-43(16-18-44)25-7-5-24(6-8-25)33(48)49)52-35(51)45-12-10-26(11-13-45)46-14-9-23-3-1-2-4-29(23)42-34(46)50/h1-8,19-20,26,30H,9-18,21,41H2,(H,42,50)(H,48,49)/t30-/m1/s1. The molecule has 2 fully saturated rings. The number of amides is 4. The lowest BCUT2D eigenvalue weighted by atomic mass is 10.0. The summed E-state index contributed by atoms with van der Waals surface area (Å²) in [5.41, 5.74) is 6.56. The van der Waals surface area contributed by atoms with E-state index in [0.717, 1.165) is 23.0 Å². The van der Waals surface area contributed by atoms with Crippen molar-refractivity contribution in [3.63, 3.8) is 0 Å². The maximum Gasteiger partial charge on any atom is 0.418 e. The molecule has 276 valence electrons. The third-order valence-corrected chi connectivity index (χ3v) is 10.1. The number of likely N-dealkylation sites (tertiary alicyclic amines) is 1. The lowest BCUT2D eigenvalue weighted by Gasteiger charge is -2.39. The number of carbonyl (C=O) groups excluding carboxylic acids is 3. The van der Waals surface area contributed by atoms with Crippen molar-refractivity contribution in [1.82, 2.24) is 14.7 Å². The third kappa shape index (κ3) is 8.14. The van der Waals surface area contributed by atoms with Gasteiger partial charge in [0.1, 0.15) is 0 Å². The van der Waals surface area contributed by atoms with Crippen LogP contribution in [0.4, 0.5) is 39.8 Å². The number of piperidine rings is 1. The summed E-state index contributed by atoms with van der Waals surface area (Å²) >= 11 is 6.08. The first-order chi connectivity index (χ1) is 24.8. The number of aromatic carboxylic acids is 1. The second-order valence-electron chi connectivity index (χ2n) is 13.0. The number of rotatable bonds is 7. The van der Waals surface area contributed by atoms with Gasteiger partial charge >= 0.3 is 24.3 Å². The summed E-state index contributed by atoms with van der Waals surface area (Å²) in [6.45, 7) is 2.20. The van der Waals surface area contributed by atoms with E-state index in [4.69, 9.17) is 22.1 Å². The number of nitrogens with zero attached hydrogens (tertiary/aromatic N) is 4. The molecule has 3 aromatic rings. The van der Waals surface area contributed by atoms with Crippen molar-refractivity contribution in [3.8, 4) is 0 Å². The molecule has 16 heteroatoms. The van der Waals surface area contributed by atoms with Gasteiger partial charge in [-0.05, 0) is 72.9 Å². The third-order valence-electron chi connectivity index (χ3n) is 9.81. The van der Waals surface area contributed by atoms with Crippen LogP contribution in [-0.2, 0) is 28.5 Å². The molecule has 12 nitrogen and oxygen atoms in total. The molecule has 0 unspecified atom stereocenters. The van der Waals surface area contributed by atoms with E-state index in [1.165, 1.54) is 28.0 Å². The molecular weight excluding hydrogens is 705 g/mol. The number of urea groups is 1. The maximum atomic E-state index is 14.0. The molecule has 0 aliphatic carbocycles. The van der Waals surface area contributed by atoms with Crippen LogP contribution < -0.4 is 16.0 Å². The Balaban J connectivity index is 1.13. The van der Waals surface area contributed by atoms with Gasteiger partial charge in [-0.25, -0.2) is 14.4 Å². The fourth-order valence-corrected chi connectivity index (χ4v) is 7.16. The summed E-state index contributed by atoms with van der Waals surface area (Å²) < 4.78 is 47.2. The van der Waals surface area contributed by atoms with Crippen LogP contribution in [0, 0.1) is 0 Å². The minimum Gasteiger partial charge on any atom is -0.478 e. The van der Waals surface area contributed by atoms with Gasteiger partial charge in [0.2, 0.25) is 0 Å². The minimum atomic E-state index is -4.81. The van der Waals surface area contributed by atoms with Crippen molar-refractivity contribution in [1.29, 1.82) is 0 Å². The Morgan fingerprint density at radius 3 is 2.27 bits per heavy atom. The number of hydrogen-bond donors (Lipinski definition) is 3. The van der Waals surface area contributed by atoms with E-state index in [1.54, 1.807) is 17.0 Å². The van der Waals surface area contributed by atoms with E-state index in [1.807, 2.05) is 29.2 Å². The molecule has 4 amide bonds. The molecule has 3 aromatic carbocycles. The molecule has 3 heterocycles. The number of fused-ring (bicyclic) bond motifs is 1. The molecule has 0 saturated carbocycles.